The van der Waals surface area contributed by atoms with Crippen molar-refractivity contribution in [2.45, 2.75) is 109 Å². The van der Waals surface area contributed by atoms with Crippen molar-refractivity contribution >= 4 is 5.97 Å². The molecule has 0 aliphatic carbocycles. The van der Waals surface area contributed by atoms with Crippen LogP contribution in [0.15, 0.2) is 0 Å². The maximum absolute atomic E-state index is 10.4. The van der Waals surface area contributed by atoms with E-state index >= 15 is 0 Å². The third kappa shape index (κ3) is 10.8. The molecule has 0 spiro atoms. The van der Waals surface area contributed by atoms with Crippen LogP contribution >= 0.6 is 0 Å². The minimum absolute atomic E-state index is 0.325. The number of carboxylic acid groups (broad SMARTS) is 1. The summed E-state index contributed by atoms with van der Waals surface area (Å²) in [5, 5.41) is 8.54. The summed E-state index contributed by atoms with van der Waals surface area (Å²) in [5.41, 5.74) is 0. The predicted octanol–water partition coefficient (Wildman–Crippen LogP) is 5.32. The molecule has 1 rings (SSSR count). The average Bonchev–Trinajstić information content (AvgIpc) is 3.20. The molecule has 3 nitrogen and oxygen atoms in total. The molecule has 1 aliphatic heterocycles. The summed E-state index contributed by atoms with van der Waals surface area (Å²) in [6.45, 7) is 2.26. The summed E-state index contributed by atoms with van der Waals surface area (Å²) >= 11 is 0. The van der Waals surface area contributed by atoms with Crippen molar-refractivity contribution in [2.75, 3.05) is 0 Å². The van der Waals surface area contributed by atoms with Crippen molar-refractivity contribution in [3.63, 3.8) is 0 Å². The highest BCUT2D eigenvalue weighted by molar-refractivity contribution is 5.66. The van der Waals surface area contributed by atoms with E-state index in [1.807, 2.05) is 0 Å². The highest BCUT2D eigenvalue weighted by Crippen LogP contribution is 2.31. The van der Waals surface area contributed by atoms with Crippen LogP contribution in [-0.2, 0) is 9.53 Å². The highest BCUT2D eigenvalue weighted by Gasteiger charge is 2.36. The second-order valence-corrected chi connectivity index (χ2v) is 6.47. The number of epoxide rings is 1. The molecule has 2 atom stereocenters. The van der Waals surface area contributed by atoms with E-state index in [0.29, 0.717) is 18.6 Å². The zero-order chi connectivity index (χ0) is 15.3. The van der Waals surface area contributed by atoms with Crippen LogP contribution in [0, 0.1) is 0 Å². The first-order valence-corrected chi connectivity index (χ1v) is 9.11. The monoisotopic (exact) mass is 298 g/mol. The third-order valence-electron chi connectivity index (χ3n) is 4.41. The molecule has 1 saturated heterocycles. The Hall–Kier alpha value is -0.570. The van der Waals surface area contributed by atoms with Crippen molar-refractivity contribution in [3.05, 3.63) is 0 Å². The fourth-order valence-corrected chi connectivity index (χ4v) is 2.96. The van der Waals surface area contributed by atoms with Crippen LogP contribution in [0.3, 0.4) is 0 Å². The van der Waals surface area contributed by atoms with E-state index in [2.05, 4.69) is 6.92 Å². The van der Waals surface area contributed by atoms with Crippen molar-refractivity contribution < 1.29 is 14.6 Å². The average molecular weight is 298 g/mol. The van der Waals surface area contributed by atoms with E-state index in [9.17, 15) is 4.79 Å². The molecular weight excluding hydrogens is 264 g/mol. The third-order valence-corrected chi connectivity index (χ3v) is 4.41. The Kier molecular flexibility index (Phi) is 10.6. The molecule has 0 aromatic rings. The van der Waals surface area contributed by atoms with Crippen LogP contribution in [0.25, 0.3) is 0 Å². The number of hydrogen-bond acceptors (Lipinski definition) is 2. The van der Waals surface area contributed by atoms with Gasteiger partial charge in [0, 0.05) is 6.42 Å². The molecule has 1 aliphatic rings. The van der Waals surface area contributed by atoms with Gasteiger partial charge in [-0.3, -0.25) is 4.79 Å². The lowest BCUT2D eigenvalue weighted by atomic mass is 10.0. The Morgan fingerprint density at radius 1 is 0.810 bits per heavy atom. The molecule has 124 valence electrons. The first-order chi connectivity index (χ1) is 10.2. The van der Waals surface area contributed by atoms with Crippen LogP contribution < -0.4 is 0 Å². The zero-order valence-electron chi connectivity index (χ0n) is 13.8. The smallest absolute Gasteiger partial charge is 0.303 e. The maximum atomic E-state index is 10.4. The summed E-state index contributed by atoms with van der Waals surface area (Å²) in [7, 11) is 0. The van der Waals surface area contributed by atoms with Gasteiger partial charge in [0.2, 0.25) is 0 Å². The Labute approximate surface area is 130 Å². The van der Waals surface area contributed by atoms with Crippen LogP contribution in [-0.4, -0.2) is 23.3 Å². The van der Waals surface area contributed by atoms with Crippen LogP contribution in [0.4, 0.5) is 0 Å². The van der Waals surface area contributed by atoms with Crippen LogP contribution in [0.1, 0.15) is 96.8 Å². The van der Waals surface area contributed by atoms with E-state index in [-0.39, 0.29) is 0 Å². The lowest BCUT2D eigenvalue weighted by Crippen LogP contribution is -1.95. The molecular formula is C18H34O3. The first kappa shape index (κ1) is 18.5. The SMILES string of the molecule is CCCCCCCC[C@H]1O[C@H]1CCCCCCCC(=O)O. The molecule has 1 fully saturated rings. The summed E-state index contributed by atoms with van der Waals surface area (Å²) in [4.78, 5) is 10.4. The first-order valence-electron chi connectivity index (χ1n) is 9.11. The van der Waals surface area contributed by atoms with Crippen molar-refractivity contribution in [3.8, 4) is 0 Å². The highest BCUT2D eigenvalue weighted by atomic mass is 16.6. The Morgan fingerprint density at radius 2 is 1.29 bits per heavy atom. The summed E-state index contributed by atoms with van der Waals surface area (Å²) in [6, 6.07) is 0. The summed E-state index contributed by atoms with van der Waals surface area (Å²) in [5.74, 6) is -0.668. The maximum Gasteiger partial charge on any atom is 0.303 e. The van der Waals surface area contributed by atoms with Gasteiger partial charge in [-0.1, -0.05) is 71.1 Å². The number of aliphatic carboxylic acids is 1. The Bertz CT molecular complexity index is 265. The fourth-order valence-electron chi connectivity index (χ4n) is 2.96. The molecule has 3 heteroatoms. The van der Waals surface area contributed by atoms with Gasteiger partial charge in [0.25, 0.3) is 0 Å². The van der Waals surface area contributed by atoms with Crippen molar-refractivity contribution in [1.29, 1.82) is 0 Å². The largest absolute Gasteiger partial charge is 0.481 e. The number of carboxylic acids is 1. The predicted molar refractivity (Wildman–Crippen MR) is 86.6 cm³/mol. The minimum Gasteiger partial charge on any atom is -0.481 e. The minimum atomic E-state index is -0.668. The van der Waals surface area contributed by atoms with Gasteiger partial charge in [-0.25, -0.2) is 0 Å². The molecule has 0 aromatic carbocycles. The zero-order valence-corrected chi connectivity index (χ0v) is 13.8. The van der Waals surface area contributed by atoms with Gasteiger partial charge in [0.1, 0.15) is 0 Å². The van der Waals surface area contributed by atoms with Gasteiger partial charge in [-0.2, -0.15) is 0 Å². The Balaban J connectivity index is 1.77. The number of carbonyl (C=O) groups is 1. The molecule has 1 N–H and O–H groups in total. The van der Waals surface area contributed by atoms with Gasteiger partial charge in [-0.05, 0) is 19.3 Å². The normalized spacial score (nSPS) is 20.6. The number of hydrogen-bond donors (Lipinski definition) is 1. The number of ether oxygens (including phenoxy) is 1. The molecule has 0 saturated carbocycles. The summed E-state index contributed by atoms with van der Waals surface area (Å²) in [6.07, 6.45) is 17.6. The van der Waals surface area contributed by atoms with E-state index < -0.39 is 5.97 Å². The number of unbranched alkanes of at least 4 members (excludes halogenated alkanes) is 9. The van der Waals surface area contributed by atoms with E-state index in [4.69, 9.17) is 9.84 Å². The molecule has 21 heavy (non-hydrogen) atoms. The van der Waals surface area contributed by atoms with Gasteiger partial charge < -0.3 is 9.84 Å². The van der Waals surface area contributed by atoms with Gasteiger partial charge >= 0.3 is 5.97 Å². The topological polar surface area (TPSA) is 49.8 Å². The van der Waals surface area contributed by atoms with Gasteiger partial charge in [-0.15, -0.1) is 0 Å². The van der Waals surface area contributed by atoms with Crippen LogP contribution in [0.2, 0.25) is 0 Å². The van der Waals surface area contributed by atoms with Crippen LogP contribution in [0.5, 0.6) is 0 Å². The standard InChI is InChI=1S/C18H34O3/c1-2-3-4-5-7-10-13-16-17(21-16)14-11-8-6-9-12-15-18(19)20/h16-17H,2-15H2,1H3,(H,19,20)/t16-,17+/m1/s1. The fraction of sp³-hybridized carbons (Fsp3) is 0.944. The molecule has 1 heterocycles. The van der Waals surface area contributed by atoms with Gasteiger partial charge in [0.05, 0.1) is 12.2 Å². The lowest BCUT2D eigenvalue weighted by molar-refractivity contribution is -0.137. The quantitative estimate of drug-likeness (QED) is 0.329. The van der Waals surface area contributed by atoms with Crippen molar-refractivity contribution in [2.24, 2.45) is 0 Å². The second kappa shape index (κ2) is 12.0. The van der Waals surface area contributed by atoms with Crippen molar-refractivity contribution in [1.82, 2.24) is 0 Å². The molecule has 0 unspecified atom stereocenters. The second-order valence-electron chi connectivity index (χ2n) is 6.47. The molecule has 0 radical (unpaired) electrons. The van der Waals surface area contributed by atoms with E-state index in [0.717, 1.165) is 12.8 Å². The number of rotatable bonds is 15. The molecule has 0 amide bonds. The van der Waals surface area contributed by atoms with E-state index in [1.54, 1.807) is 0 Å². The summed E-state index contributed by atoms with van der Waals surface area (Å²) < 4.78 is 5.73. The molecule has 0 aromatic heterocycles. The molecule has 0 bridgehead atoms. The van der Waals surface area contributed by atoms with E-state index in [1.165, 1.54) is 70.6 Å². The lowest BCUT2D eigenvalue weighted by Gasteiger charge is -2.00. The van der Waals surface area contributed by atoms with Gasteiger partial charge in [0.15, 0.2) is 0 Å². The Morgan fingerprint density at radius 3 is 1.81 bits per heavy atom.